The first-order valence-electron chi connectivity index (χ1n) is 6.45. The zero-order chi connectivity index (χ0) is 14.7. The number of benzene rings is 1. The normalized spacial score (nSPS) is 12.7. The molecule has 0 aliphatic heterocycles. The molecule has 2 aromatic rings. The minimum atomic E-state index is -0.903. The van der Waals surface area contributed by atoms with Crippen LogP contribution >= 0.6 is 11.3 Å². The Labute approximate surface area is 120 Å². The highest BCUT2D eigenvalue weighted by Gasteiger charge is 2.24. The molecule has 1 aromatic heterocycles. The first kappa shape index (κ1) is 15.1. The van der Waals surface area contributed by atoms with Crippen molar-refractivity contribution in [1.82, 2.24) is 5.32 Å². The topological polar surface area (TPSA) is 12.0 Å². The highest BCUT2D eigenvalue weighted by Crippen LogP contribution is 2.31. The molecule has 20 heavy (non-hydrogen) atoms. The molecule has 1 heterocycles. The molecule has 5 heteroatoms. The zero-order valence-corrected chi connectivity index (χ0v) is 12.2. The second-order valence-corrected chi connectivity index (χ2v) is 5.42. The van der Waals surface area contributed by atoms with Gasteiger partial charge in [-0.05, 0) is 41.8 Å². The number of aryl methyl sites for hydroxylation is 1. The van der Waals surface area contributed by atoms with Crippen molar-refractivity contribution in [1.29, 1.82) is 0 Å². The average Bonchev–Trinajstić information content (AvgIpc) is 2.78. The highest BCUT2D eigenvalue weighted by atomic mass is 32.1. The summed E-state index contributed by atoms with van der Waals surface area (Å²) in [5.41, 5.74) is 1.67. The molecule has 0 fully saturated rings. The van der Waals surface area contributed by atoms with Crippen LogP contribution in [0.25, 0.3) is 0 Å². The molecule has 1 N–H and O–H groups in total. The first-order valence-corrected chi connectivity index (χ1v) is 7.39. The standard InChI is InChI=1S/C15H16F3NS/c1-3-4-19-15(11-8-20-7-9(11)2)14-12(17)5-10(16)6-13(14)18/h5-8,15,19H,3-4H2,1-2H3. The van der Waals surface area contributed by atoms with Gasteiger partial charge in [-0.2, -0.15) is 11.3 Å². The number of thiophene rings is 1. The van der Waals surface area contributed by atoms with Crippen LogP contribution in [-0.2, 0) is 0 Å². The van der Waals surface area contributed by atoms with Crippen molar-refractivity contribution in [3.05, 3.63) is 57.0 Å². The zero-order valence-electron chi connectivity index (χ0n) is 11.3. The number of rotatable bonds is 5. The van der Waals surface area contributed by atoms with E-state index in [2.05, 4.69) is 5.32 Å². The summed E-state index contributed by atoms with van der Waals surface area (Å²) in [4.78, 5) is 0. The van der Waals surface area contributed by atoms with Crippen molar-refractivity contribution in [3.63, 3.8) is 0 Å². The molecule has 2 rings (SSSR count). The van der Waals surface area contributed by atoms with Gasteiger partial charge >= 0.3 is 0 Å². The molecule has 0 aliphatic rings. The van der Waals surface area contributed by atoms with Crippen LogP contribution in [0, 0.1) is 24.4 Å². The molecule has 1 nitrogen and oxygen atoms in total. The molecule has 0 saturated carbocycles. The van der Waals surface area contributed by atoms with Gasteiger partial charge in [0.1, 0.15) is 17.5 Å². The van der Waals surface area contributed by atoms with Crippen molar-refractivity contribution in [2.24, 2.45) is 0 Å². The van der Waals surface area contributed by atoms with Crippen LogP contribution < -0.4 is 5.32 Å². The number of hydrogen-bond donors (Lipinski definition) is 1. The van der Waals surface area contributed by atoms with Gasteiger partial charge in [0.05, 0.1) is 6.04 Å². The Bertz CT molecular complexity index is 572. The van der Waals surface area contributed by atoms with E-state index in [4.69, 9.17) is 0 Å². The predicted molar refractivity (Wildman–Crippen MR) is 75.5 cm³/mol. The molecular weight excluding hydrogens is 283 g/mol. The highest BCUT2D eigenvalue weighted by molar-refractivity contribution is 7.08. The van der Waals surface area contributed by atoms with Gasteiger partial charge in [0.25, 0.3) is 0 Å². The Hall–Kier alpha value is -1.33. The average molecular weight is 299 g/mol. The summed E-state index contributed by atoms with van der Waals surface area (Å²) in [7, 11) is 0. The third kappa shape index (κ3) is 3.04. The first-order chi connectivity index (χ1) is 9.54. The number of nitrogens with one attached hydrogen (secondary N) is 1. The van der Waals surface area contributed by atoms with Crippen LogP contribution in [0.2, 0.25) is 0 Å². The summed E-state index contributed by atoms with van der Waals surface area (Å²) < 4.78 is 41.0. The Kier molecular flexibility index (Phi) is 4.83. The Morgan fingerprint density at radius 2 is 1.80 bits per heavy atom. The Balaban J connectivity index is 2.50. The van der Waals surface area contributed by atoms with Crippen molar-refractivity contribution in [2.75, 3.05) is 6.54 Å². The SMILES string of the molecule is CCCNC(c1cscc1C)c1c(F)cc(F)cc1F. The van der Waals surface area contributed by atoms with Crippen molar-refractivity contribution in [2.45, 2.75) is 26.3 Å². The summed E-state index contributed by atoms with van der Waals surface area (Å²) in [5.74, 6) is -2.62. The van der Waals surface area contributed by atoms with Crippen LogP contribution in [0.1, 0.15) is 36.1 Å². The minimum absolute atomic E-state index is 0.124. The van der Waals surface area contributed by atoms with E-state index in [1.165, 1.54) is 11.3 Å². The van der Waals surface area contributed by atoms with Gasteiger partial charge in [-0.3, -0.25) is 0 Å². The van der Waals surface area contributed by atoms with E-state index in [0.29, 0.717) is 6.54 Å². The van der Waals surface area contributed by atoms with Crippen molar-refractivity contribution < 1.29 is 13.2 Å². The Morgan fingerprint density at radius 3 is 2.30 bits per heavy atom. The summed E-state index contributed by atoms with van der Waals surface area (Å²) in [6.07, 6.45) is 0.837. The van der Waals surface area contributed by atoms with E-state index >= 15 is 0 Å². The molecule has 0 radical (unpaired) electrons. The number of halogens is 3. The molecule has 1 aromatic carbocycles. The fourth-order valence-electron chi connectivity index (χ4n) is 2.15. The van der Waals surface area contributed by atoms with E-state index in [1.807, 2.05) is 24.6 Å². The lowest BCUT2D eigenvalue weighted by molar-refractivity contribution is 0.486. The molecule has 0 saturated heterocycles. The van der Waals surface area contributed by atoms with Gasteiger partial charge in [-0.15, -0.1) is 0 Å². The van der Waals surface area contributed by atoms with Gasteiger partial charge < -0.3 is 5.32 Å². The predicted octanol–water partition coefficient (Wildman–Crippen LogP) is 4.56. The van der Waals surface area contributed by atoms with E-state index in [-0.39, 0.29) is 5.56 Å². The van der Waals surface area contributed by atoms with Crippen LogP contribution in [0.4, 0.5) is 13.2 Å². The van der Waals surface area contributed by atoms with Crippen LogP contribution in [0.15, 0.2) is 22.9 Å². The van der Waals surface area contributed by atoms with Gasteiger partial charge in [-0.1, -0.05) is 6.92 Å². The van der Waals surface area contributed by atoms with Crippen LogP contribution in [0.3, 0.4) is 0 Å². The summed E-state index contributed by atoms with van der Waals surface area (Å²) in [6, 6.07) is 0.850. The maximum absolute atomic E-state index is 14.0. The van der Waals surface area contributed by atoms with E-state index in [9.17, 15) is 13.2 Å². The second kappa shape index (κ2) is 6.41. The molecule has 0 spiro atoms. The molecule has 108 valence electrons. The molecule has 1 unspecified atom stereocenters. The fraction of sp³-hybridized carbons (Fsp3) is 0.333. The number of hydrogen-bond acceptors (Lipinski definition) is 2. The maximum atomic E-state index is 14.0. The van der Waals surface area contributed by atoms with E-state index in [0.717, 1.165) is 29.7 Å². The third-order valence-electron chi connectivity index (χ3n) is 3.14. The molecular formula is C15H16F3NS. The molecule has 0 bridgehead atoms. The van der Waals surface area contributed by atoms with Crippen molar-refractivity contribution in [3.8, 4) is 0 Å². The molecule has 1 atom stereocenters. The second-order valence-electron chi connectivity index (χ2n) is 4.68. The largest absolute Gasteiger partial charge is 0.306 e. The minimum Gasteiger partial charge on any atom is -0.306 e. The summed E-state index contributed by atoms with van der Waals surface area (Å²) in [5, 5.41) is 6.93. The smallest absolute Gasteiger partial charge is 0.134 e. The van der Waals surface area contributed by atoms with Crippen LogP contribution in [-0.4, -0.2) is 6.54 Å². The van der Waals surface area contributed by atoms with Crippen molar-refractivity contribution >= 4 is 11.3 Å². The molecule has 0 aliphatic carbocycles. The van der Waals surface area contributed by atoms with E-state index < -0.39 is 23.5 Å². The summed E-state index contributed by atoms with van der Waals surface area (Å²) >= 11 is 1.48. The van der Waals surface area contributed by atoms with E-state index in [1.54, 1.807) is 0 Å². The van der Waals surface area contributed by atoms with Gasteiger partial charge in [-0.25, -0.2) is 13.2 Å². The third-order valence-corrected chi connectivity index (χ3v) is 4.02. The lowest BCUT2D eigenvalue weighted by Crippen LogP contribution is -2.25. The van der Waals surface area contributed by atoms with Gasteiger partial charge in [0, 0.05) is 17.7 Å². The fourth-order valence-corrected chi connectivity index (χ4v) is 3.03. The lowest BCUT2D eigenvalue weighted by atomic mass is 9.97. The quantitative estimate of drug-likeness (QED) is 0.853. The van der Waals surface area contributed by atoms with Gasteiger partial charge in [0.2, 0.25) is 0 Å². The van der Waals surface area contributed by atoms with Gasteiger partial charge in [0.15, 0.2) is 0 Å². The Morgan fingerprint density at radius 1 is 1.15 bits per heavy atom. The van der Waals surface area contributed by atoms with Crippen LogP contribution in [0.5, 0.6) is 0 Å². The molecule has 0 amide bonds. The summed E-state index contributed by atoms with van der Waals surface area (Å²) in [6.45, 7) is 4.49. The lowest BCUT2D eigenvalue weighted by Gasteiger charge is -2.20. The monoisotopic (exact) mass is 299 g/mol. The maximum Gasteiger partial charge on any atom is 0.134 e.